The maximum atomic E-state index is 12.7. The number of nitrogens with one attached hydrogen (secondary N) is 1. The van der Waals surface area contributed by atoms with E-state index in [4.69, 9.17) is 9.84 Å². The van der Waals surface area contributed by atoms with Gasteiger partial charge in [-0.1, -0.05) is 18.2 Å². The lowest BCUT2D eigenvalue weighted by molar-refractivity contribution is -0.141. The SMILES string of the molecule is O=C(O)C1CCN(C(=O)NC2CC3(CCCC3)Oc3ccccc32)C1. The zero-order valence-electron chi connectivity index (χ0n) is 14.2. The molecule has 2 amide bonds. The second kappa shape index (κ2) is 6.24. The zero-order valence-corrected chi connectivity index (χ0v) is 14.2. The Balaban J connectivity index is 1.51. The smallest absolute Gasteiger partial charge is 0.317 e. The Morgan fingerprint density at radius 2 is 2.00 bits per heavy atom. The molecule has 1 saturated heterocycles. The van der Waals surface area contributed by atoms with Crippen molar-refractivity contribution in [3.05, 3.63) is 29.8 Å². The number of carbonyl (C=O) groups excluding carboxylic acids is 1. The summed E-state index contributed by atoms with van der Waals surface area (Å²) in [5.74, 6) is -0.406. The summed E-state index contributed by atoms with van der Waals surface area (Å²) in [7, 11) is 0. The summed E-state index contributed by atoms with van der Waals surface area (Å²) in [5, 5.41) is 12.3. The molecule has 2 N–H and O–H groups in total. The molecule has 0 radical (unpaired) electrons. The quantitative estimate of drug-likeness (QED) is 0.864. The van der Waals surface area contributed by atoms with E-state index < -0.39 is 11.9 Å². The maximum absolute atomic E-state index is 12.7. The fraction of sp³-hybridized carbons (Fsp3) is 0.579. The summed E-state index contributed by atoms with van der Waals surface area (Å²) >= 11 is 0. The van der Waals surface area contributed by atoms with E-state index in [1.54, 1.807) is 4.90 Å². The van der Waals surface area contributed by atoms with Crippen molar-refractivity contribution in [1.82, 2.24) is 10.2 Å². The fourth-order valence-corrected chi connectivity index (χ4v) is 4.46. The third kappa shape index (κ3) is 3.05. The van der Waals surface area contributed by atoms with Crippen LogP contribution in [0.15, 0.2) is 24.3 Å². The molecular weight excluding hydrogens is 320 g/mol. The van der Waals surface area contributed by atoms with E-state index in [-0.39, 0.29) is 24.2 Å². The van der Waals surface area contributed by atoms with Gasteiger partial charge in [-0.2, -0.15) is 0 Å². The van der Waals surface area contributed by atoms with Gasteiger partial charge in [0.15, 0.2) is 0 Å². The topological polar surface area (TPSA) is 78.9 Å². The van der Waals surface area contributed by atoms with E-state index >= 15 is 0 Å². The Hall–Kier alpha value is -2.24. The minimum Gasteiger partial charge on any atom is -0.487 e. The molecule has 1 saturated carbocycles. The summed E-state index contributed by atoms with van der Waals surface area (Å²) in [6.07, 6.45) is 5.69. The molecule has 2 aliphatic heterocycles. The van der Waals surface area contributed by atoms with Crippen molar-refractivity contribution in [2.24, 2.45) is 5.92 Å². The first-order valence-electron chi connectivity index (χ1n) is 9.12. The number of benzene rings is 1. The molecule has 2 fully saturated rings. The highest BCUT2D eigenvalue weighted by atomic mass is 16.5. The number of carboxylic acid groups (broad SMARTS) is 1. The largest absolute Gasteiger partial charge is 0.487 e. The number of carbonyl (C=O) groups is 2. The van der Waals surface area contributed by atoms with E-state index in [2.05, 4.69) is 5.32 Å². The number of rotatable bonds is 2. The summed E-state index contributed by atoms with van der Waals surface area (Å²) in [6, 6.07) is 7.65. The van der Waals surface area contributed by atoms with Crippen molar-refractivity contribution in [3.63, 3.8) is 0 Å². The molecule has 1 aromatic carbocycles. The first kappa shape index (κ1) is 16.2. The molecule has 0 bridgehead atoms. The molecule has 0 aromatic heterocycles. The highest BCUT2D eigenvalue weighted by Crippen LogP contribution is 2.47. The van der Waals surface area contributed by atoms with Gasteiger partial charge in [-0.05, 0) is 38.2 Å². The number of hydrogen-bond donors (Lipinski definition) is 2. The molecular formula is C19H24N2O4. The van der Waals surface area contributed by atoms with Gasteiger partial charge in [0, 0.05) is 25.1 Å². The summed E-state index contributed by atoms with van der Waals surface area (Å²) < 4.78 is 6.32. The Bertz CT molecular complexity index is 684. The average molecular weight is 344 g/mol. The lowest BCUT2D eigenvalue weighted by Gasteiger charge is -2.40. The lowest BCUT2D eigenvalue weighted by Crippen LogP contribution is -2.46. The third-order valence-electron chi connectivity index (χ3n) is 5.83. The van der Waals surface area contributed by atoms with Crippen LogP contribution in [0.2, 0.25) is 0 Å². The van der Waals surface area contributed by atoms with Crippen LogP contribution in [0, 0.1) is 5.92 Å². The lowest BCUT2D eigenvalue weighted by atomic mass is 9.86. The minimum atomic E-state index is -0.823. The van der Waals surface area contributed by atoms with Crippen molar-refractivity contribution >= 4 is 12.0 Å². The van der Waals surface area contributed by atoms with E-state index in [0.717, 1.165) is 43.4 Å². The number of para-hydroxylation sites is 1. The number of ether oxygens (including phenoxy) is 1. The van der Waals surface area contributed by atoms with Gasteiger partial charge in [-0.15, -0.1) is 0 Å². The molecule has 2 heterocycles. The number of likely N-dealkylation sites (tertiary alicyclic amines) is 1. The highest BCUT2D eigenvalue weighted by Gasteiger charge is 2.44. The Labute approximate surface area is 147 Å². The molecule has 3 aliphatic rings. The standard InChI is InChI=1S/C19H24N2O4/c22-17(23)13-7-10-21(12-13)18(24)20-15-11-19(8-3-4-9-19)25-16-6-2-1-5-14(15)16/h1-2,5-6,13,15H,3-4,7-12H2,(H,20,24)(H,22,23). The van der Waals surface area contributed by atoms with Gasteiger partial charge in [-0.25, -0.2) is 4.79 Å². The highest BCUT2D eigenvalue weighted by molar-refractivity contribution is 5.78. The van der Waals surface area contributed by atoms with E-state index in [0.29, 0.717) is 13.0 Å². The summed E-state index contributed by atoms with van der Waals surface area (Å²) in [5.41, 5.74) is 0.850. The van der Waals surface area contributed by atoms with Gasteiger partial charge >= 0.3 is 12.0 Å². The molecule has 2 unspecified atom stereocenters. The van der Waals surface area contributed by atoms with Crippen molar-refractivity contribution in [2.45, 2.75) is 50.2 Å². The predicted octanol–water partition coefficient (Wildman–Crippen LogP) is 2.94. The van der Waals surface area contributed by atoms with Gasteiger partial charge in [0.1, 0.15) is 11.4 Å². The van der Waals surface area contributed by atoms with Gasteiger partial charge in [-0.3, -0.25) is 4.79 Å². The van der Waals surface area contributed by atoms with Crippen LogP contribution < -0.4 is 10.1 Å². The predicted molar refractivity (Wildman–Crippen MR) is 91.5 cm³/mol. The number of aliphatic carboxylic acids is 1. The van der Waals surface area contributed by atoms with Crippen LogP contribution in [-0.2, 0) is 4.79 Å². The Morgan fingerprint density at radius 1 is 1.24 bits per heavy atom. The molecule has 1 aliphatic carbocycles. The second-order valence-electron chi connectivity index (χ2n) is 7.51. The van der Waals surface area contributed by atoms with Gasteiger partial charge in [0.2, 0.25) is 0 Å². The van der Waals surface area contributed by atoms with E-state index in [1.807, 2.05) is 24.3 Å². The van der Waals surface area contributed by atoms with Gasteiger partial charge < -0.3 is 20.1 Å². The van der Waals surface area contributed by atoms with Crippen molar-refractivity contribution in [1.29, 1.82) is 0 Å². The minimum absolute atomic E-state index is 0.0839. The van der Waals surface area contributed by atoms with Crippen LogP contribution in [0.4, 0.5) is 4.79 Å². The van der Waals surface area contributed by atoms with Crippen LogP contribution in [0.5, 0.6) is 5.75 Å². The summed E-state index contributed by atoms with van der Waals surface area (Å²) in [6.45, 7) is 0.788. The zero-order chi connectivity index (χ0) is 17.4. The normalized spacial score (nSPS) is 27.0. The molecule has 6 nitrogen and oxygen atoms in total. The number of amides is 2. The molecule has 25 heavy (non-hydrogen) atoms. The number of carboxylic acids is 1. The van der Waals surface area contributed by atoms with Crippen LogP contribution in [0.1, 0.15) is 50.1 Å². The van der Waals surface area contributed by atoms with Gasteiger partial charge in [0.05, 0.1) is 12.0 Å². The first-order valence-corrected chi connectivity index (χ1v) is 9.12. The molecule has 134 valence electrons. The average Bonchev–Trinajstić information content (AvgIpc) is 3.25. The van der Waals surface area contributed by atoms with Crippen LogP contribution in [-0.4, -0.2) is 40.7 Å². The van der Waals surface area contributed by atoms with Crippen LogP contribution in [0.25, 0.3) is 0 Å². The second-order valence-corrected chi connectivity index (χ2v) is 7.51. The Kier molecular flexibility index (Phi) is 4.06. The van der Waals surface area contributed by atoms with Crippen LogP contribution >= 0.6 is 0 Å². The number of fused-ring (bicyclic) bond motifs is 1. The van der Waals surface area contributed by atoms with Crippen LogP contribution in [0.3, 0.4) is 0 Å². The van der Waals surface area contributed by atoms with E-state index in [1.165, 1.54) is 0 Å². The molecule has 1 spiro atoms. The number of hydrogen-bond acceptors (Lipinski definition) is 3. The molecule has 2 atom stereocenters. The number of urea groups is 1. The van der Waals surface area contributed by atoms with E-state index in [9.17, 15) is 9.59 Å². The third-order valence-corrected chi connectivity index (χ3v) is 5.83. The monoisotopic (exact) mass is 344 g/mol. The Morgan fingerprint density at radius 3 is 2.72 bits per heavy atom. The van der Waals surface area contributed by atoms with Gasteiger partial charge in [0.25, 0.3) is 0 Å². The number of nitrogens with zero attached hydrogens (tertiary/aromatic N) is 1. The molecule has 1 aromatic rings. The van der Waals surface area contributed by atoms with Crippen molar-refractivity contribution < 1.29 is 19.4 Å². The van der Waals surface area contributed by atoms with Crippen molar-refractivity contribution in [2.75, 3.05) is 13.1 Å². The maximum Gasteiger partial charge on any atom is 0.317 e. The first-order chi connectivity index (χ1) is 12.1. The molecule has 6 heteroatoms. The molecule has 4 rings (SSSR count). The summed E-state index contributed by atoms with van der Waals surface area (Å²) in [4.78, 5) is 25.4. The van der Waals surface area contributed by atoms with Crippen molar-refractivity contribution in [3.8, 4) is 5.75 Å². The fourth-order valence-electron chi connectivity index (χ4n) is 4.46.